The van der Waals surface area contributed by atoms with Crippen LogP contribution in [0.5, 0.6) is 0 Å². The zero-order valence-corrected chi connectivity index (χ0v) is 16.8. The van der Waals surface area contributed by atoms with Crippen LogP contribution in [-0.2, 0) is 6.42 Å². The van der Waals surface area contributed by atoms with Gasteiger partial charge in [0, 0.05) is 28.2 Å². The zero-order valence-electron chi connectivity index (χ0n) is 14.4. The van der Waals surface area contributed by atoms with Gasteiger partial charge >= 0.3 is 0 Å². The van der Waals surface area contributed by atoms with Gasteiger partial charge in [-0.05, 0) is 47.9 Å². The maximum atomic E-state index is 9.09. The number of hydrogen-bond acceptors (Lipinski definition) is 4. The number of rotatable bonds is 5. The molecule has 0 aliphatic carbocycles. The number of aryl methyl sites for hydroxylation is 1. The van der Waals surface area contributed by atoms with Crippen LogP contribution in [0.4, 0.5) is 5.95 Å². The first kappa shape index (κ1) is 18.2. The van der Waals surface area contributed by atoms with Crippen LogP contribution >= 0.6 is 27.5 Å². The summed E-state index contributed by atoms with van der Waals surface area (Å²) >= 11 is 9.54. The Bertz CT molecular complexity index is 967. The third-order valence-corrected chi connectivity index (χ3v) is 5.22. The van der Waals surface area contributed by atoms with Crippen LogP contribution < -0.4 is 5.32 Å². The molecule has 2 N–H and O–H groups in total. The fraction of sp³-hybridized carbons (Fsp3) is 0.200. The molecule has 1 aromatic heterocycles. The van der Waals surface area contributed by atoms with Gasteiger partial charge in [-0.1, -0.05) is 51.8 Å². The molecule has 0 spiro atoms. The molecule has 0 bridgehead atoms. The largest absolute Gasteiger partial charge is 0.396 e. The molecule has 1 aliphatic heterocycles. The van der Waals surface area contributed by atoms with Crippen molar-refractivity contribution in [2.75, 3.05) is 11.9 Å². The van der Waals surface area contributed by atoms with Crippen molar-refractivity contribution in [3.8, 4) is 0 Å². The van der Waals surface area contributed by atoms with Crippen LogP contribution in [-0.4, -0.2) is 26.5 Å². The number of fused-ring (bicyclic) bond motifs is 1. The number of allylic oxidation sites excluding steroid dienone is 1. The maximum absolute atomic E-state index is 9.09. The van der Waals surface area contributed by atoms with Crippen molar-refractivity contribution >= 4 is 39.2 Å². The minimum Gasteiger partial charge on any atom is -0.396 e. The molecule has 0 saturated carbocycles. The minimum absolute atomic E-state index is 0.0902. The zero-order chi connectivity index (χ0) is 18.8. The van der Waals surface area contributed by atoms with E-state index in [2.05, 4.69) is 49.5 Å². The van der Waals surface area contributed by atoms with Crippen molar-refractivity contribution in [3.05, 3.63) is 81.1 Å². The van der Waals surface area contributed by atoms with Crippen molar-refractivity contribution in [1.82, 2.24) is 14.8 Å². The van der Waals surface area contributed by atoms with Crippen LogP contribution in [0.3, 0.4) is 0 Å². The summed E-state index contributed by atoms with van der Waals surface area (Å²) in [5.41, 5.74) is 3.13. The van der Waals surface area contributed by atoms with Crippen molar-refractivity contribution in [2.45, 2.75) is 18.9 Å². The summed E-state index contributed by atoms with van der Waals surface area (Å²) in [4.78, 5) is 4.63. The molecule has 1 aliphatic rings. The number of benzene rings is 2. The molecule has 0 amide bonds. The first-order valence-corrected chi connectivity index (χ1v) is 9.87. The number of aliphatic hydroxyl groups is 1. The highest BCUT2D eigenvalue weighted by molar-refractivity contribution is 9.10. The highest BCUT2D eigenvalue weighted by atomic mass is 79.9. The molecule has 27 heavy (non-hydrogen) atoms. The first-order chi connectivity index (χ1) is 13.1. The lowest BCUT2D eigenvalue weighted by Crippen LogP contribution is -2.20. The Morgan fingerprint density at radius 3 is 2.56 bits per heavy atom. The van der Waals surface area contributed by atoms with Crippen molar-refractivity contribution in [1.29, 1.82) is 0 Å². The average Bonchev–Trinajstić information content (AvgIpc) is 3.10. The van der Waals surface area contributed by atoms with Gasteiger partial charge in [0.2, 0.25) is 5.95 Å². The van der Waals surface area contributed by atoms with E-state index in [9.17, 15) is 0 Å². The quantitative estimate of drug-likeness (QED) is 0.599. The standard InChI is InChI=1S/C20H18BrClN4O/c21-15-7-3-13(4-8-15)17-12-18(14-5-9-16(22)10-6-14)26-20(23-17)24-19(25-26)2-1-11-27/h3-10,12,18,27H,1-2,11H2,(H,23,24,25). The Labute approximate surface area is 170 Å². The molecule has 7 heteroatoms. The lowest BCUT2D eigenvalue weighted by Gasteiger charge is -2.24. The normalized spacial score (nSPS) is 15.8. The molecule has 138 valence electrons. The van der Waals surface area contributed by atoms with Gasteiger partial charge in [0.05, 0.1) is 0 Å². The van der Waals surface area contributed by atoms with Crippen molar-refractivity contribution < 1.29 is 5.11 Å². The second kappa shape index (κ2) is 7.84. The van der Waals surface area contributed by atoms with E-state index >= 15 is 0 Å². The van der Waals surface area contributed by atoms with Gasteiger partial charge in [0.25, 0.3) is 0 Å². The second-order valence-corrected chi connectivity index (χ2v) is 7.68. The predicted molar refractivity (Wildman–Crippen MR) is 111 cm³/mol. The topological polar surface area (TPSA) is 63.0 Å². The van der Waals surface area contributed by atoms with Gasteiger partial charge in [-0.2, -0.15) is 10.1 Å². The van der Waals surface area contributed by atoms with E-state index < -0.39 is 0 Å². The van der Waals surface area contributed by atoms with Gasteiger partial charge in [-0.15, -0.1) is 0 Å². The molecule has 2 aromatic carbocycles. The van der Waals surface area contributed by atoms with Crippen LogP contribution in [0.25, 0.3) is 5.70 Å². The number of nitrogens with zero attached hydrogens (tertiary/aromatic N) is 3. The summed E-state index contributed by atoms with van der Waals surface area (Å²) in [5, 5.41) is 17.8. The monoisotopic (exact) mass is 444 g/mol. The van der Waals surface area contributed by atoms with Crippen LogP contribution in [0.1, 0.15) is 29.4 Å². The molecule has 1 unspecified atom stereocenters. The predicted octanol–water partition coefficient (Wildman–Crippen LogP) is 4.67. The Kier molecular flexibility index (Phi) is 5.29. The van der Waals surface area contributed by atoms with Gasteiger partial charge in [0.15, 0.2) is 5.82 Å². The second-order valence-electron chi connectivity index (χ2n) is 6.33. The number of aromatic nitrogens is 3. The van der Waals surface area contributed by atoms with Gasteiger partial charge in [-0.3, -0.25) is 0 Å². The van der Waals surface area contributed by atoms with Gasteiger partial charge in [0.1, 0.15) is 6.04 Å². The van der Waals surface area contributed by atoms with E-state index in [1.165, 1.54) is 0 Å². The molecular formula is C20H18BrClN4O. The summed E-state index contributed by atoms with van der Waals surface area (Å²) in [6.45, 7) is 0.125. The number of anilines is 1. The highest BCUT2D eigenvalue weighted by Crippen LogP contribution is 2.33. The lowest BCUT2D eigenvalue weighted by atomic mass is 10.0. The lowest BCUT2D eigenvalue weighted by molar-refractivity contribution is 0.287. The van der Waals surface area contributed by atoms with E-state index in [1.807, 2.05) is 41.1 Å². The van der Waals surface area contributed by atoms with Gasteiger partial charge in [-0.25, -0.2) is 4.68 Å². The SMILES string of the molecule is OCCCc1nc2n(n1)C(c1ccc(Cl)cc1)C=C(c1ccc(Br)cc1)N2. The Balaban J connectivity index is 1.76. The maximum Gasteiger partial charge on any atom is 0.226 e. The number of aliphatic hydroxyl groups excluding tert-OH is 1. The third-order valence-electron chi connectivity index (χ3n) is 4.43. The fourth-order valence-electron chi connectivity index (χ4n) is 3.08. The smallest absolute Gasteiger partial charge is 0.226 e. The van der Waals surface area contributed by atoms with Crippen molar-refractivity contribution in [3.63, 3.8) is 0 Å². The molecule has 3 aromatic rings. The van der Waals surface area contributed by atoms with Crippen LogP contribution in [0.15, 0.2) is 59.1 Å². The fourth-order valence-corrected chi connectivity index (χ4v) is 3.47. The first-order valence-electron chi connectivity index (χ1n) is 8.70. The van der Waals surface area contributed by atoms with Crippen molar-refractivity contribution in [2.24, 2.45) is 0 Å². The van der Waals surface area contributed by atoms with Crippen LogP contribution in [0.2, 0.25) is 5.02 Å². The van der Waals surface area contributed by atoms with E-state index in [0.29, 0.717) is 23.8 Å². The minimum atomic E-state index is -0.0902. The number of halogens is 2. The molecule has 5 nitrogen and oxygen atoms in total. The molecule has 0 fully saturated rings. The Morgan fingerprint density at radius 2 is 1.85 bits per heavy atom. The molecule has 2 heterocycles. The molecule has 0 saturated heterocycles. The average molecular weight is 446 g/mol. The Hall–Kier alpha value is -2.15. The number of nitrogens with one attached hydrogen (secondary N) is 1. The summed E-state index contributed by atoms with van der Waals surface area (Å²) < 4.78 is 2.92. The number of hydrogen-bond donors (Lipinski definition) is 2. The molecule has 1 atom stereocenters. The third kappa shape index (κ3) is 3.93. The van der Waals surface area contributed by atoms with E-state index in [4.69, 9.17) is 16.7 Å². The molecule has 0 radical (unpaired) electrons. The van der Waals surface area contributed by atoms with E-state index in [1.54, 1.807) is 0 Å². The molecule has 4 rings (SSSR count). The Morgan fingerprint density at radius 1 is 1.11 bits per heavy atom. The summed E-state index contributed by atoms with van der Waals surface area (Å²) in [6, 6.07) is 15.8. The van der Waals surface area contributed by atoms with Crippen LogP contribution in [0, 0.1) is 0 Å². The summed E-state index contributed by atoms with van der Waals surface area (Å²) in [7, 11) is 0. The highest BCUT2D eigenvalue weighted by Gasteiger charge is 2.25. The van der Waals surface area contributed by atoms with E-state index in [0.717, 1.165) is 27.1 Å². The van der Waals surface area contributed by atoms with Gasteiger partial charge < -0.3 is 10.4 Å². The summed E-state index contributed by atoms with van der Waals surface area (Å²) in [5.74, 6) is 1.42. The van der Waals surface area contributed by atoms with E-state index in [-0.39, 0.29) is 12.6 Å². The molecular weight excluding hydrogens is 428 g/mol. The summed E-state index contributed by atoms with van der Waals surface area (Å²) in [6.07, 6.45) is 3.42.